The van der Waals surface area contributed by atoms with Crippen molar-refractivity contribution in [3.8, 4) is 0 Å². The van der Waals surface area contributed by atoms with Crippen LogP contribution in [0.4, 0.5) is 4.79 Å². The van der Waals surface area contributed by atoms with Gasteiger partial charge in [0.1, 0.15) is 0 Å². The summed E-state index contributed by atoms with van der Waals surface area (Å²) in [5, 5.41) is 10.7. The van der Waals surface area contributed by atoms with Crippen molar-refractivity contribution in [2.24, 2.45) is 5.73 Å². The fraction of sp³-hybridized carbons (Fsp3) is 0.875. The number of primary amides is 1. The van der Waals surface area contributed by atoms with Crippen molar-refractivity contribution in [1.29, 1.82) is 0 Å². The minimum atomic E-state index is -2.56. The lowest BCUT2D eigenvalue weighted by Crippen LogP contribution is -2.46. The number of carboxylic acids is 1. The minimum absolute atomic E-state index is 0.327. The van der Waals surface area contributed by atoms with Crippen molar-refractivity contribution in [3.05, 3.63) is 0 Å². The summed E-state index contributed by atoms with van der Waals surface area (Å²) >= 11 is 0. The Hall–Kier alpha value is -1.16. The average molecular weight is 381 g/mol. The summed E-state index contributed by atoms with van der Waals surface area (Å²) in [4.78, 5) is 20.4. The monoisotopic (exact) mass is 380 g/mol. The van der Waals surface area contributed by atoms with Crippen molar-refractivity contribution in [2.45, 2.75) is 65.8 Å². The van der Waals surface area contributed by atoms with E-state index >= 15 is 0 Å². The molecule has 0 bridgehead atoms. The Morgan fingerprint density at radius 2 is 1.48 bits per heavy atom. The molecule has 0 saturated heterocycles. The van der Waals surface area contributed by atoms with Crippen LogP contribution in [0, 0.1) is 0 Å². The third-order valence-corrected chi connectivity index (χ3v) is 6.20. The van der Waals surface area contributed by atoms with Crippen LogP contribution in [-0.2, 0) is 18.1 Å². The zero-order chi connectivity index (χ0) is 19.6. The molecule has 0 aromatic carbocycles. The molecule has 0 spiro atoms. The molecular weight excluding hydrogens is 344 g/mol. The summed E-state index contributed by atoms with van der Waals surface area (Å²) in [7, 11) is -2.56. The van der Waals surface area contributed by atoms with Gasteiger partial charge in [-0.3, -0.25) is 4.79 Å². The Kier molecular flexibility index (Phi) is 18.4. The van der Waals surface area contributed by atoms with Crippen LogP contribution in [0.5, 0.6) is 0 Å². The molecule has 0 aromatic heterocycles. The Labute approximate surface area is 152 Å². The van der Waals surface area contributed by atoms with Gasteiger partial charge in [0.25, 0.3) is 0 Å². The fourth-order valence-corrected chi connectivity index (χ4v) is 4.66. The number of nitrogens with two attached hydrogens (primary N) is 1. The molecular formula is C16H36N2O6Si. The van der Waals surface area contributed by atoms with E-state index in [1.54, 1.807) is 0 Å². The van der Waals surface area contributed by atoms with Crippen molar-refractivity contribution in [3.63, 3.8) is 0 Å². The first-order valence-electron chi connectivity index (χ1n) is 9.04. The third-order valence-electron chi connectivity index (χ3n) is 3.05. The molecule has 8 nitrogen and oxygen atoms in total. The van der Waals surface area contributed by atoms with Gasteiger partial charge in [-0.15, -0.1) is 0 Å². The maximum atomic E-state index is 10.5. The number of unbranched alkanes of at least 4 members (excludes halogenated alkanes) is 2. The fourth-order valence-electron chi connectivity index (χ4n) is 2.04. The highest BCUT2D eigenvalue weighted by atomic mass is 28.4. The van der Waals surface area contributed by atoms with Crippen LogP contribution in [0.25, 0.3) is 0 Å². The second kappa shape index (κ2) is 17.7. The Morgan fingerprint density at radius 3 is 1.84 bits per heavy atom. The molecule has 0 saturated carbocycles. The molecule has 0 aliphatic heterocycles. The number of rotatable bonds is 14. The maximum Gasteiger partial charge on any atom is 0.500 e. The van der Waals surface area contributed by atoms with Gasteiger partial charge < -0.3 is 29.4 Å². The summed E-state index contributed by atoms with van der Waals surface area (Å²) in [6, 6.07) is 0.171. The lowest BCUT2D eigenvalue weighted by molar-refractivity contribution is -0.137. The molecule has 0 aliphatic carbocycles. The highest BCUT2D eigenvalue weighted by Crippen LogP contribution is 2.17. The van der Waals surface area contributed by atoms with E-state index in [-0.39, 0.29) is 0 Å². The van der Waals surface area contributed by atoms with Gasteiger partial charge in [-0.2, -0.15) is 0 Å². The van der Waals surface area contributed by atoms with Crippen LogP contribution < -0.4 is 11.1 Å². The van der Waals surface area contributed by atoms with E-state index in [0.717, 1.165) is 25.7 Å². The average Bonchev–Trinajstić information content (AvgIpc) is 2.53. The third kappa shape index (κ3) is 17.5. The van der Waals surface area contributed by atoms with Crippen molar-refractivity contribution < 1.29 is 28.0 Å². The van der Waals surface area contributed by atoms with Crippen LogP contribution in [0.15, 0.2) is 0 Å². The first kappa shape index (κ1) is 26.1. The van der Waals surface area contributed by atoms with Gasteiger partial charge in [0.05, 0.1) is 0 Å². The van der Waals surface area contributed by atoms with Gasteiger partial charge in [0.15, 0.2) is 0 Å². The van der Waals surface area contributed by atoms with Crippen molar-refractivity contribution in [2.75, 3.05) is 26.4 Å². The maximum absolute atomic E-state index is 10.5. The number of amides is 2. The number of aliphatic carboxylic acids is 1. The Balaban J connectivity index is 0. The number of carbonyl (C=O) groups is 2. The molecule has 0 unspecified atom stereocenters. The van der Waals surface area contributed by atoms with Gasteiger partial charge in [0, 0.05) is 38.8 Å². The molecule has 0 rings (SSSR count). The molecule has 0 radical (unpaired) electrons. The van der Waals surface area contributed by atoms with Gasteiger partial charge in [-0.25, -0.2) is 4.79 Å². The molecule has 0 atom stereocenters. The van der Waals surface area contributed by atoms with Crippen LogP contribution >= 0.6 is 0 Å². The number of carboxylic acid groups (broad SMARTS) is 1. The standard InChI is InChI=1S/C10H24N2O4Si.C6H12O2/c1-4-14-17(15-5-2,16-6-3)9-7-8-12-10(11)13;1-2-3-4-5-6(7)8/h4-9H2,1-3H3,(H3,11,12,13);2-5H2,1H3,(H,7,8). The predicted molar refractivity (Wildman–Crippen MR) is 99.4 cm³/mol. The van der Waals surface area contributed by atoms with Crippen molar-refractivity contribution in [1.82, 2.24) is 5.32 Å². The van der Waals surface area contributed by atoms with E-state index in [1.807, 2.05) is 20.8 Å². The number of hydrogen-bond donors (Lipinski definition) is 3. The number of carbonyl (C=O) groups excluding carboxylic acids is 1. The number of hydrogen-bond acceptors (Lipinski definition) is 5. The quantitative estimate of drug-likeness (QED) is 0.315. The van der Waals surface area contributed by atoms with E-state index < -0.39 is 20.8 Å². The Morgan fingerprint density at radius 1 is 0.960 bits per heavy atom. The van der Waals surface area contributed by atoms with Gasteiger partial charge in [-0.05, 0) is 33.6 Å². The molecule has 150 valence electrons. The smallest absolute Gasteiger partial charge is 0.481 e. The van der Waals surface area contributed by atoms with Crippen LogP contribution in [0.1, 0.15) is 59.8 Å². The highest BCUT2D eigenvalue weighted by Gasteiger charge is 2.39. The summed E-state index contributed by atoms with van der Waals surface area (Å²) in [5.41, 5.74) is 4.99. The van der Waals surface area contributed by atoms with E-state index in [4.69, 9.17) is 24.1 Å². The molecule has 0 aromatic rings. The topological polar surface area (TPSA) is 120 Å². The van der Waals surface area contributed by atoms with E-state index in [1.165, 1.54) is 0 Å². The van der Waals surface area contributed by atoms with E-state index in [0.29, 0.717) is 38.8 Å². The summed E-state index contributed by atoms with van der Waals surface area (Å²) in [6.07, 6.45) is 4.01. The second-order valence-electron chi connectivity index (χ2n) is 5.23. The lowest BCUT2D eigenvalue weighted by atomic mass is 10.2. The highest BCUT2D eigenvalue weighted by molar-refractivity contribution is 6.60. The zero-order valence-corrected chi connectivity index (χ0v) is 17.1. The molecule has 4 N–H and O–H groups in total. The lowest BCUT2D eigenvalue weighted by Gasteiger charge is -2.28. The summed E-state index contributed by atoms with van der Waals surface area (Å²) < 4.78 is 17.0. The van der Waals surface area contributed by atoms with E-state index in [9.17, 15) is 9.59 Å². The van der Waals surface area contributed by atoms with Crippen molar-refractivity contribution >= 4 is 20.8 Å². The molecule has 0 heterocycles. The van der Waals surface area contributed by atoms with Crippen LogP contribution in [0.3, 0.4) is 0 Å². The number of nitrogens with one attached hydrogen (secondary N) is 1. The Bertz CT molecular complexity index is 328. The van der Waals surface area contributed by atoms with Gasteiger partial charge >= 0.3 is 20.8 Å². The summed E-state index contributed by atoms with van der Waals surface area (Å²) in [5.74, 6) is -0.682. The SMILES string of the molecule is CCCCCC(=O)O.CCO[Si](CCCNC(N)=O)(OCC)OCC. The summed E-state index contributed by atoms with van der Waals surface area (Å²) in [6.45, 7) is 10.0. The molecule has 25 heavy (non-hydrogen) atoms. The molecule has 0 fully saturated rings. The predicted octanol–water partition coefficient (Wildman–Crippen LogP) is 2.74. The first-order chi connectivity index (χ1) is 11.9. The largest absolute Gasteiger partial charge is 0.500 e. The zero-order valence-electron chi connectivity index (χ0n) is 16.1. The van der Waals surface area contributed by atoms with Gasteiger partial charge in [-0.1, -0.05) is 19.8 Å². The van der Waals surface area contributed by atoms with Gasteiger partial charge in [0.2, 0.25) is 0 Å². The molecule has 0 aliphatic rings. The number of urea groups is 1. The molecule has 9 heteroatoms. The second-order valence-corrected chi connectivity index (χ2v) is 7.96. The van der Waals surface area contributed by atoms with E-state index in [2.05, 4.69) is 12.2 Å². The molecule has 2 amide bonds. The minimum Gasteiger partial charge on any atom is -0.481 e. The first-order valence-corrected chi connectivity index (χ1v) is 11.0. The van der Waals surface area contributed by atoms with Crippen LogP contribution in [0.2, 0.25) is 6.04 Å². The van der Waals surface area contributed by atoms with Crippen LogP contribution in [-0.4, -0.2) is 52.3 Å². The normalized spacial score (nSPS) is 10.7.